The molecular weight excluding hydrogens is 370 g/mol. The maximum Gasteiger partial charge on any atom is 0.255 e. The Morgan fingerprint density at radius 1 is 1.17 bits per heavy atom. The average Bonchev–Trinajstić information content (AvgIpc) is 2.56. The Hall–Kier alpha value is -1.85. The van der Waals surface area contributed by atoms with Gasteiger partial charge in [-0.1, -0.05) is 28.9 Å². The van der Waals surface area contributed by atoms with Gasteiger partial charge >= 0.3 is 0 Å². The quantitative estimate of drug-likeness (QED) is 0.642. The second kappa shape index (κ2) is 9.45. The molecule has 0 aliphatic carbocycles. The average molecular weight is 392 g/mol. The van der Waals surface area contributed by atoms with Crippen molar-refractivity contribution in [3.05, 3.63) is 58.1 Å². The summed E-state index contributed by atoms with van der Waals surface area (Å²) in [5, 5.41) is 2.89. The molecule has 1 amide bonds. The Morgan fingerprint density at radius 3 is 2.71 bits per heavy atom. The Morgan fingerprint density at radius 2 is 2.00 bits per heavy atom. The molecule has 0 aliphatic heterocycles. The summed E-state index contributed by atoms with van der Waals surface area (Å²) in [4.78, 5) is 12.5. The van der Waals surface area contributed by atoms with E-state index >= 15 is 0 Å². The molecule has 0 fully saturated rings. The lowest BCUT2D eigenvalue weighted by Gasteiger charge is -2.13. The largest absolute Gasteiger partial charge is 0.494 e. The number of amides is 1. The highest BCUT2D eigenvalue weighted by atomic mass is 79.9. The number of carbonyl (C=O) groups excluding carboxylic acids is 1. The number of hydrogen-bond donors (Lipinski definition) is 1. The molecule has 0 atom stereocenters. The SMILES string of the molecule is CCCOCc1cc(C(=O)Nc2cccc(Br)c2)ccc1OCC. The minimum absolute atomic E-state index is 0.159. The van der Waals surface area contributed by atoms with E-state index < -0.39 is 0 Å². The summed E-state index contributed by atoms with van der Waals surface area (Å²) in [5.41, 5.74) is 2.20. The van der Waals surface area contributed by atoms with Gasteiger partial charge in [0.1, 0.15) is 5.75 Å². The molecule has 128 valence electrons. The number of anilines is 1. The lowest BCUT2D eigenvalue weighted by Crippen LogP contribution is -2.13. The molecule has 0 saturated carbocycles. The van der Waals surface area contributed by atoms with Crippen LogP contribution >= 0.6 is 15.9 Å². The van der Waals surface area contributed by atoms with Crippen molar-refractivity contribution in [3.63, 3.8) is 0 Å². The highest BCUT2D eigenvalue weighted by molar-refractivity contribution is 9.10. The van der Waals surface area contributed by atoms with Crippen molar-refractivity contribution >= 4 is 27.5 Å². The van der Waals surface area contributed by atoms with Crippen LogP contribution in [0.1, 0.15) is 36.2 Å². The molecule has 24 heavy (non-hydrogen) atoms. The van der Waals surface area contributed by atoms with Crippen LogP contribution in [0.15, 0.2) is 46.9 Å². The molecule has 1 N–H and O–H groups in total. The van der Waals surface area contributed by atoms with Gasteiger partial charge in [-0.2, -0.15) is 0 Å². The normalized spacial score (nSPS) is 10.5. The summed E-state index contributed by atoms with van der Waals surface area (Å²) >= 11 is 3.40. The number of ether oxygens (including phenoxy) is 2. The number of nitrogens with one attached hydrogen (secondary N) is 1. The first-order chi connectivity index (χ1) is 11.6. The number of halogens is 1. The van der Waals surface area contributed by atoms with Crippen LogP contribution in [0.25, 0.3) is 0 Å². The zero-order valence-corrected chi connectivity index (χ0v) is 15.6. The number of carbonyl (C=O) groups is 1. The number of benzene rings is 2. The van der Waals surface area contributed by atoms with Gasteiger partial charge in [0.05, 0.1) is 13.2 Å². The van der Waals surface area contributed by atoms with Crippen LogP contribution in [0.3, 0.4) is 0 Å². The molecule has 0 aromatic heterocycles. The first-order valence-corrected chi connectivity index (χ1v) is 8.83. The second-order valence-electron chi connectivity index (χ2n) is 5.27. The lowest BCUT2D eigenvalue weighted by molar-refractivity contribution is 0.102. The minimum Gasteiger partial charge on any atom is -0.494 e. The van der Waals surface area contributed by atoms with Crippen molar-refractivity contribution in [1.29, 1.82) is 0 Å². The zero-order chi connectivity index (χ0) is 17.4. The van der Waals surface area contributed by atoms with E-state index in [1.807, 2.05) is 43.3 Å². The fourth-order valence-corrected chi connectivity index (χ4v) is 2.62. The highest BCUT2D eigenvalue weighted by Gasteiger charge is 2.11. The lowest BCUT2D eigenvalue weighted by atomic mass is 10.1. The van der Waals surface area contributed by atoms with Crippen molar-refractivity contribution in [3.8, 4) is 5.75 Å². The van der Waals surface area contributed by atoms with Crippen LogP contribution in [0.5, 0.6) is 5.75 Å². The molecule has 5 heteroatoms. The monoisotopic (exact) mass is 391 g/mol. The summed E-state index contributed by atoms with van der Waals surface area (Å²) in [6, 6.07) is 12.9. The molecule has 2 rings (SSSR count). The summed E-state index contributed by atoms with van der Waals surface area (Å²) in [7, 11) is 0. The third-order valence-corrected chi connectivity index (χ3v) is 3.80. The standard InChI is InChI=1S/C19H22BrNO3/c1-3-10-23-13-15-11-14(8-9-18(15)24-4-2)19(22)21-17-7-5-6-16(20)12-17/h5-9,11-12H,3-4,10,13H2,1-2H3,(H,21,22). The van der Waals surface area contributed by atoms with E-state index in [0.717, 1.165) is 27.9 Å². The Labute approximate surface area is 151 Å². The van der Waals surface area contributed by atoms with Crippen LogP contribution in [-0.2, 0) is 11.3 Å². The third kappa shape index (κ3) is 5.35. The van der Waals surface area contributed by atoms with E-state index in [9.17, 15) is 4.79 Å². The molecule has 0 spiro atoms. The zero-order valence-electron chi connectivity index (χ0n) is 14.0. The summed E-state index contributed by atoms with van der Waals surface area (Å²) < 4.78 is 12.1. The van der Waals surface area contributed by atoms with Gasteiger partial charge in [0.2, 0.25) is 0 Å². The molecule has 2 aromatic rings. The van der Waals surface area contributed by atoms with Crippen molar-refractivity contribution < 1.29 is 14.3 Å². The van der Waals surface area contributed by atoms with Crippen LogP contribution in [0, 0.1) is 0 Å². The summed E-state index contributed by atoms with van der Waals surface area (Å²) in [6.07, 6.45) is 0.951. The van der Waals surface area contributed by atoms with Gasteiger partial charge in [-0.15, -0.1) is 0 Å². The number of hydrogen-bond acceptors (Lipinski definition) is 3. The molecule has 0 unspecified atom stereocenters. The van der Waals surface area contributed by atoms with E-state index in [-0.39, 0.29) is 5.91 Å². The molecule has 0 bridgehead atoms. The molecule has 0 saturated heterocycles. The predicted molar refractivity (Wildman–Crippen MR) is 99.7 cm³/mol. The van der Waals surface area contributed by atoms with Gasteiger partial charge in [-0.25, -0.2) is 0 Å². The maximum atomic E-state index is 12.5. The molecule has 4 nitrogen and oxygen atoms in total. The molecule has 0 radical (unpaired) electrons. The second-order valence-corrected chi connectivity index (χ2v) is 6.19. The van der Waals surface area contributed by atoms with Crippen molar-refractivity contribution in [2.45, 2.75) is 26.9 Å². The van der Waals surface area contributed by atoms with Gasteiger partial charge in [0, 0.05) is 27.9 Å². The van der Waals surface area contributed by atoms with Crippen molar-refractivity contribution in [2.24, 2.45) is 0 Å². The van der Waals surface area contributed by atoms with Crippen molar-refractivity contribution in [2.75, 3.05) is 18.5 Å². The van der Waals surface area contributed by atoms with Gasteiger partial charge in [0.15, 0.2) is 0 Å². The van der Waals surface area contributed by atoms with E-state index in [1.165, 1.54) is 0 Å². The first-order valence-electron chi connectivity index (χ1n) is 8.04. The van der Waals surface area contributed by atoms with E-state index in [1.54, 1.807) is 6.07 Å². The topological polar surface area (TPSA) is 47.6 Å². The van der Waals surface area contributed by atoms with Gasteiger partial charge in [-0.05, 0) is 49.7 Å². The van der Waals surface area contributed by atoms with Gasteiger partial charge in [-0.3, -0.25) is 4.79 Å². The highest BCUT2D eigenvalue weighted by Crippen LogP contribution is 2.23. The van der Waals surface area contributed by atoms with Crippen molar-refractivity contribution in [1.82, 2.24) is 0 Å². The molecule has 2 aromatic carbocycles. The summed E-state index contributed by atoms with van der Waals surface area (Å²) in [5.74, 6) is 0.598. The van der Waals surface area contributed by atoms with E-state index in [2.05, 4.69) is 28.2 Å². The van der Waals surface area contributed by atoms with Gasteiger partial charge in [0.25, 0.3) is 5.91 Å². The van der Waals surface area contributed by atoms with Crippen LogP contribution < -0.4 is 10.1 Å². The predicted octanol–water partition coefficient (Wildman–Crippen LogP) is 5.03. The van der Waals surface area contributed by atoms with E-state index in [4.69, 9.17) is 9.47 Å². The number of rotatable bonds is 8. The first kappa shape index (κ1) is 18.5. The Bertz CT molecular complexity index is 688. The fraction of sp³-hybridized carbons (Fsp3) is 0.316. The van der Waals surface area contributed by atoms with Gasteiger partial charge < -0.3 is 14.8 Å². The van der Waals surface area contributed by atoms with Crippen LogP contribution in [-0.4, -0.2) is 19.1 Å². The fourth-order valence-electron chi connectivity index (χ4n) is 2.23. The Kier molecular flexibility index (Phi) is 7.28. The van der Waals surface area contributed by atoms with E-state index in [0.29, 0.717) is 25.4 Å². The minimum atomic E-state index is -0.159. The Balaban J connectivity index is 2.16. The molecule has 0 aliphatic rings. The molecule has 0 heterocycles. The van der Waals surface area contributed by atoms with Crippen LogP contribution in [0.4, 0.5) is 5.69 Å². The summed E-state index contributed by atoms with van der Waals surface area (Å²) in [6.45, 7) is 5.68. The van der Waals surface area contributed by atoms with Crippen LogP contribution in [0.2, 0.25) is 0 Å². The smallest absolute Gasteiger partial charge is 0.255 e. The third-order valence-electron chi connectivity index (χ3n) is 3.31. The maximum absolute atomic E-state index is 12.5. The molecular formula is C19H22BrNO3.